The number of hydrogen-bond donors (Lipinski definition) is 2. The third kappa shape index (κ3) is 4.41. The average Bonchev–Trinajstić information content (AvgIpc) is 2.33. The number of amides is 1. The van der Waals surface area contributed by atoms with E-state index in [4.69, 9.17) is 5.11 Å². The van der Waals surface area contributed by atoms with E-state index in [2.05, 4.69) is 5.32 Å². The van der Waals surface area contributed by atoms with Crippen molar-refractivity contribution in [3.63, 3.8) is 0 Å². The zero-order valence-electron chi connectivity index (χ0n) is 10.2. The van der Waals surface area contributed by atoms with Crippen LogP contribution in [0.4, 0.5) is 8.78 Å². The number of aliphatic hydroxyl groups excluding tert-OH is 1. The third-order valence-electron chi connectivity index (χ3n) is 2.63. The summed E-state index contributed by atoms with van der Waals surface area (Å²) in [6.07, 6.45) is 1.49. The minimum atomic E-state index is -0.922. The lowest BCUT2D eigenvalue weighted by atomic mass is 10.1. The zero-order valence-corrected chi connectivity index (χ0v) is 10.2. The van der Waals surface area contributed by atoms with E-state index in [0.29, 0.717) is 24.8 Å². The van der Waals surface area contributed by atoms with Gasteiger partial charge in [-0.05, 0) is 37.5 Å². The molecule has 0 fully saturated rings. The molecule has 0 aromatic heterocycles. The number of carbonyl (C=O) groups excluding carboxylic acids is 1. The Balaban J connectivity index is 2.51. The molecule has 1 amide bonds. The predicted molar refractivity (Wildman–Crippen MR) is 63.9 cm³/mol. The molecule has 1 aromatic carbocycles. The summed E-state index contributed by atoms with van der Waals surface area (Å²) in [6.45, 7) is 1.77. The van der Waals surface area contributed by atoms with Crippen LogP contribution >= 0.6 is 0 Å². The van der Waals surface area contributed by atoms with Crippen LogP contribution in [0.15, 0.2) is 18.2 Å². The Bertz CT molecular complexity index is 410. The Labute approximate surface area is 105 Å². The van der Waals surface area contributed by atoms with Gasteiger partial charge in [-0.15, -0.1) is 0 Å². The van der Waals surface area contributed by atoms with Crippen molar-refractivity contribution in [2.45, 2.75) is 32.2 Å². The molecule has 0 saturated carbocycles. The first-order chi connectivity index (χ1) is 8.54. The summed E-state index contributed by atoms with van der Waals surface area (Å²) < 4.78 is 25.8. The summed E-state index contributed by atoms with van der Waals surface area (Å²) in [5.41, 5.74) is 0.518. The van der Waals surface area contributed by atoms with Gasteiger partial charge in [-0.25, -0.2) is 8.78 Å². The molecule has 0 radical (unpaired) electrons. The number of unbranched alkanes of at least 4 members (excludes halogenated alkanes) is 1. The van der Waals surface area contributed by atoms with Gasteiger partial charge in [-0.3, -0.25) is 4.79 Å². The highest BCUT2D eigenvalue weighted by Crippen LogP contribution is 2.16. The van der Waals surface area contributed by atoms with Crippen molar-refractivity contribution in [1.29, 1.82) is 0 Å². The van der Waals surface area contributed by atoms with Crippen LogP contribution in [-0.4, -0.2) is 17.6 Å². The van der Waals surface area contributed by atoms with E-state index in [9.17, 15) is 13.6 Å². The Morgan fingerprint density at radius 1 is 1.33 bits per heavy atom. The molecule has 5 heteroatoms. The van der Waals surface area contributed by atoms with Crippen molar-refractivity contribution in [2.24, 2.45) is 0 Å². The summed E-state index contributed by atoms with van der Waals surface area (Å²) in [6, 6.07) is 3.19. The molecule has 3 nitrogen and oxygen atoms in total. The van der Waals surface area contributed by atoms with Crippen LogP contribution in [0.1, 0.15) is 37.8 Å². The molecule has 0 heterocycles. The van der Waals surface area contributed by atoms with Gasteiger partial charge >= 0.3 is 0 Å². The Morgan fingerprint density at radius 2 is 2.06 bits per heavy atom. The van der Waals surface area contributed by atoms with Crippen molar-refractivity contribution in [2.75, 3.05) is 6.61 Å². The second kappa shape index (κ2) is 7.06. The summed E-state index contributed by atoms with van der Waals surface area (Å²) in [5.74, 6) is -1.99. The summed E-state index contributed by atoms with van der Waals surface area (Å²) in [7, 11) is 0. The molecule has 0 aliphatic carbocycles. The monoisotopic (exact) mass is 257 g/mol. The lowest BCUT2D eigenvalue weighted by Gasteiger charge is -2.14. The third-order valence-corrected chi connectivity index (χ3v) is 2.63. The van der Waals surface area contributed by atoms with E-state index in [1.165, 1.54) is 6.07 Å². The predicted octanol–water partition coefficient (Wildman–Crippen LogP) is 2.30. The highest BCUT2D eigenvalue weighted by molar-refractivity contribution is 5.76. The lowest BCUT2D eigenvalue weighted by molar-refractivity contribution is -0.121. The molecule has 0 spiro atoms. The fourth-order valence-corrected chi connectivity index (χ4v) is 1.58. The largest absolute Gasteiger partial charge is 0.396 e. The van der Waals surface area contributed by atoms with Gasteiger partial charge in [0.05, 0.1) is 6.04 Å². The van der Waals surface area contributed by atoms with Gasteiger partial charge in [-0.1, -0.05) is 6.07 Å². The van der Waals surface area contributed by atoms with Crippen LogP contribution < -0.4 is 5.32 Å². The molecule has 1 aromatic rings. The van der Waals surface area contributed by atoms with Crippen molar-refractivity contribution in [3.05, 3.63) is 35.4 Å². The maximum atomic E-state index is 13.0. The number of aliphatic hydroxyl groups is 1. The zero-order chi connectivity index (χ0) is 13.5. The van der Waals surface area contributed by atoms with E-state index in [-0.39, 0.29) is 18.6 Å². The van der Waals surface area contributed by atoms with Crippen LogP contribution in [0.5, 0.6) is 0 Å². The molecule has 0 saturated heterocycles. The fourth-order valence-electron chi connectivity index (χ4n) is 1.58. The highest BCUT2D eigenvalue weighted by atomic mass is 19.2. The minimum Gasteiger partial charge on any atom is -0.396 e. The van der Waals surface area contributed by atoms with Crippen molar-refractivity contribution >= 4 is 5.91 Å². The Morgan fingerprint density at radius 3 is 2.67 bits per heavy atom. The number of hydrogen-bond acceptors (Lipinski definition) is 2. The lowest BCUT2D eigenvalue weighted by Crippen LogP contribution is -2.26. The summed E-state index contributed by atoms with van der Waals surface area (Å²) >= 11 is 0. The number of rotatable bonds is 6. The molecule has 0 bridgehead atoms. The second-order valence-corrected chi connectivity index (χ2v) is 4.14. The first kappa shape index (κ1) is 14.6. The van der Waals surface area contributed by atoms with Gasteiger partial charge < -0.3 is 10.4 Å². The van der Waals surface area contributed by atoms with Crippen LogP contribution in [0.2, 0.25) is 0 Å². The normalized spacial score (nSPS) is 12.2. The van der Waals surface area contributed by atoms with E-state index in [0.717, 1.165) is 12.1 Å². The molecular formula is C13H17F2NO2. The van der Waals surface area contributed by atoms with E-state index < -0.39 is 11.6 Å². The van der Waals surface area contributed by atoms with E-state index in [1.807, 2.05) is 0 Å². The highest BCUT2D eigenvalue weighted by Gasteiger charge is 2.11. The molecular weight excluding hydrogens is 240 g/mol. The average molecular weight is 257 g/mol. The van der Waals surface area contributed by atoms with Crippen LogP contribution in [0.25, 0.3) is 0 Å². The van der Waals surface area contributed by atoms with Crippen LogP contribution in [0, 0.1) is 11.6 Å². The minimum absolute atomic E-state index is 0.0615. The smallest absolute Gasteiger partial charge is 0.220 e. The van der Waals surface area contributed by atoms with E-state index in [1.54, 1.807) is 6.92 Å². The quantitative estimate of drug-likeness (QED) is 0.768. The topological polar surface area (TPSA) is 49.3 Å². The number of benzene rings is 1. The maximum absolute atomic E-state index is 13.0. The SMILES string of the molecule is CC(NC(=O)CCCCO)c1ccc(F)c(F)c1. The number of nitrogens with one attached hydrogen (secondary N) is 1. The molecule has 0 aliphatic heterocycles. The van der Waals surface area contributed by atoms with Crippen molar-refractivity contribution < 1.29 is 18.7 Å². The van der Waals surface area contributed by atoms with Crippen molar-refractivity contribution in [1.82, 2.24) is 5.32 Å². The molecule has 1 rings (SSSR count). The van der Waals surface area contributed by atoms with Crippen LogP contribution in [0.3, 0.4) is 0 Å². The molecule has 100 valence electrons. The Hall–Kier alpha value is -1.49. The molecule has 18 heavy (non-hydrogen) atoms. The maximum Gasteiger partial charge on any atom is 0.220 e. The van der Waals surface area contributed by atoms with Gasteiger partial charge in [-0.2, -0.15) is 0 Å². The van der Waals surface area contributed by atoms with Crippen LogP contribution in [-0.2, 0) is 4.79 Å². The number of carbonyl (C=O) groups is 1. The molecule has 1 atom stereocenters. The first-order valence-corrected chi connectivity index (χ1v) is 5.89. The van der Waals surface area contributed by atoms with Gasteiger partial charge in [0.2, 0.25) is 5.91 Å². The second-order valence-electron chi connectivity index (χ2n) is 4.14. The summed E-state index contributed by atoms with van der Waals surface area (Å²) in [4.78, 5) is 11.5. The molecule has 2 N–H and O–H groups in total. The van der Waals surface area contributed by atoms with E-state index >= 15 is 0 Å². The molecule has 0 aliphatic rings. The fraction of sp³-hybridized carbons (Fsp3) is 0.462. The van der Waals surface area contributed by atoms with Gasteiger partial charge in [0, 0.05) is 13.0 Å². The van der Waals surface area contributed by atoms with Gasteiger partial charge in [0.25, 0.3) is 0 Å². The first-order valence-electron chi connectivity index (χ1n) is 5.89. The summed E-state index contributed by atoms with van der Waals surface area (Å²) in [5, 5.41) is 11.3. The standard InChI is InChI=1S/C13H17F2NO2/c1-9(16-13(18)4-2-3-7-17)10-5-6-11(14)12(15)8-10/h5-6,8-9,17H,2-4,7H2,1H3,(H,16,18). The Kier molecular flexibility index (Phi) is 5.71. The van der Waals surface area contributed by atoms with Crippen molar-refractivity contribution in [3.8, 4) is 0 Å². The number of halogens is 2. The van der Waals surface area contributed by atoms with Gasteiger partial charge in [0.1, 0.15) is 0 Å². The van der Waals surface area contributed by atoms with Gasteiger partial charge in [0.15, 0.2) is 11.6 Å². The molecule has 1 unspecified atom stereocenters.